The summed E-state index contributed by atoms with van der Waals surface area (Å²) >= 11 is 0. The molecule has 0 saturated heterocycles. The normalized spacial score (nSPS) is 12.9. The largest absolute Gasteiger partial charge is 0.386 e. The van der Waals surface area contributed by atoms with Crippen LogP contribution >= 0.6 is 0 Å². The molecular formula is C13H8O3. The van der Waals surface area contributed by atoms with Gasteiger partial charge in [-0.1, -0.05) is 36.4 Å². The average Bonchev–Trinajstić information content (AvgIpc) is 2.49. The van der Waals surface area contributed by atoms with E-state index in [1.165, 1.54) is 0 Å². The molecule has 16 heavy (non-hydrogen) atoms. The van der Waals surface area contributed by atoms with Crippen molar-refractivity contribution in [2.45, 2.75) is 0 Å². The van der Waals surface area contributed by atoms with Gasteiger partial charge in [0.2, 0.25) is 0 Å². The molecule has 3 nitrogen and oxygen atoms in total. The van der Waals surface area contributed by atoms with E-state index < -0.39 is 5.97 Å². The summed E-state index contributed by atoms with van der Waals surface area (Å²) in [4.78, 5) is 21.3. The third-order valence-corrected chi connectivity index (χ3v) is 2.53. The topological polar surface area (TPSA) is 35.5 Å². The van der Waals surface area contributed by atoms with Crippen molar-refractivity contribution in [2.75, 3.05) is 0 Å². The Labute approximate surface area is 92.2 Å². The monoisotopic (exact) mass is 212 g/mol. The van der Waals surface area contributed by atoms with Gasteiger partial charge in [0.05, 0.1) is 5.56 Å². The second-order valence-electron chi connectivity index (χ2n) is 3.50. The minimum atomic E-state index is -0.466. The molecule has 0 aromatic heterocycles. The molecule has 0 bridgehead atoms. The highest BCUT2D eigenvalue weighted by Crippen LogP contribution is 2.34. The van der Waals surface area contributed by atoms with Crippen LogP contribution in [0.5, 0.6) is 5.75 Å². The first-order valence-electron chi connectivity index (χ1n) is 4.93. The van der Waals surface area contributed by atoms with Crippen molar-refractivity contribution in [2.24, 2.45) is 0 Å². The van der Waals surface area contributed by atoms with Crippen molar-refractivity contribution < 1.29 is 14.6 Å². The minimum Gasteiger partial charge on any atom is -0.286 e. The van der Waals surface area contributed by atoms with Crippen LogP contribution in [0.3, 0.4) is 0 Å². The molecule has 78 valence electrons. The van der Waals surface area contributed by atoms with Crippen molar-refractivity contribution in [3.63, 3.8) is 0 Å². The third kappa shape index (κ3) is 1.26. The summed E-state index contributed by atoms with van der Waals surface area (Å²) in [5, 5.41) is 0. The maximum Gasteiger partial charge on any atom is 0.386 e. The van der Waals surface area contributed by atoms with Gasteiger partial charge in [-0.3, -0.25) is 4.89 Å². The zero-order chi connectivity index (χ0) is 11.0. The summed E-state index contributed by atoms with van der Waals surface area (Å²) in [6, 6.07) is 14.7. The molecule has 0 spiro atoms. The lowest BCUT2D eigenvalue weighted by atomic mass is 9.99. The van der Waals surface area contributed by atoms with Gasteiger partial charge in [0.25, 0.3) is 0 Å². The van der Waals surface area contributed by atoms with Crippen LogP contribution in [-0.2, 0) is 4.89 Å². The molecule has 0 atom stereocenters. The number of fused-ring (bicyclic) bond motifs is 3. The van der Waals surface area contributed by atoms with Crippen LogP contribution in [0.2, 0.25) is 0 Å². The summed E-state index contributed by atoms with van der Waals surface area (Å²) in [6.45, 7) is 0. The highest BCUT2D eigenvalue weighted by molar-refractivity contribution is 5.98. The summed E-state index contributed by atoms with van der Waals surface area (Å²) in [6.07, 6.45) is 0. The molecule has 3 rings (SSSR count). The standard InChI is InChI=1S/C13H8O3/c14-13-11-7-2-1-5-9(11)10-6-3-4-8-12(10)15-16-13/h1-8H. The molecule has 1 aliphatic rings. The summed E-state index contributed by atoms with van der Waals surface area (Å²) in [5.74, 6) is 0.0904. The summed E-state index contributed by atoms with van der Waals surface area (Å²) in [7, 11) is 0. The van der Waals surface area contributed by atoms with E-state index in [0.29, 0.717) is 11.3 Å². The van der Waals surface area contributed by atoms with Gasteiger partial charge in [0.15, 0.2) is 5.75 Å². The lowest BCUT2D eigenvalue weighted by molar-refractivity contribution is -0.148. The zero-order valence-corrected chi connectivity index (χ0v) is 8.34. The lowest BCUT2D eigenvalue weighted by Crippen LogP contribution is -2.06. The Morgan fingerprint density at radius 2 is 1.31 bits per heavy atom. The second-order valence-corrected chi connectivity index (χ2v) is 3.50. The molecule has 0 amide bonds. The van der Waals surface area contributed by atoms with Crippen molar-refractivity contribution in [3.05, 3.63) is 54.1 Å². The molecule has 0 unspecified atom stereocenters. The molecule has 0 saturated carbocycles. The zero-order valence-electron chi connectivity index (χ0n) is 8.34. The Kier molecular flexibility index (Phi) is 1.90. The van der Waals surface area contributed by atoms with Crippen molar-refractivity contribution in [1.82, 2.24) is 0 Å². The van der Waals surface area contributed by atoms with E-state index in [9.17, 15) is 4.79 Å². The number of carbonyl (C=O) groups is 1. The molecule has 0 aliphatic carbocycles. The number of para-hydroxylation sites is 1. The molecule has 1 heterocycles. The Hall–Kier alpha value is -2.29. The highest BCUT2D eigenvalue weighted by Gasteiger charge is 2.22. The lowest BCUT2D eigenvalue weighted by Gasteiger charge is -2.03. The predicted octanol–water partition coefficient (Wildman–Crippen LogP) is 2.82. The van der Waals surface area contributed by atoms with Gasteiger partial charge in [-0.25, -0.2) is 9.68 Å². The van der Waals surface area contributed by atoms with E-state index in [1.807, 2.05) is 30.3 Å². The van der Waals surface area contributed by atoms with Gasteiger partial charge in [-0.05, 0) is 12.1 Å². The van der Waals surface area contributed by atoms with Gasteiger partial charge in [-0.2, -0.15) is 0 Å². The quantitative estimate of drug-likeness (QED) is 0.630. The van der Waals surface area contributed by atoms with E-state index >= 15 is 0 Å². The minimum absolute atomic E-state index is 0.466. The molecule has 0 N–H and O–H groups in total. The molecular weight excluding hydrogens is 204 g/mol. The molecule has 1 aliphatic heterocycles. The van der Waals surface area contributed by atoms with E-state index in [-0.39, 0.29) is 0 Å². The Morgan fingerprint density at radius 3 is 2.12 bits per heavy atom. The molecule has 2 aromatic carbocycles. The second kappa shape index (κ2) is 3.38. The Bertz CT molecular complexity index is 561. The smallest absolute Gasteiger partial charge is 0.286 e. The van der Waals surface area contributed by atoms with Crippen LogP contribution in [-0.4, -0.2) is 5.97 Å². The fourth-order valence-corrected chi connectivity index (χ4v) is 1.79. The fraction of sp³-hybridized carbons (Fsp3) is 0. The van der Waals surface area contributed by atoms with E-state index in [4.69, 9.17) is 9.78 Å². The number of benzene rings is 2. The van der Waals surface area contributed by atoms with E-state index in [1.54, 1.807) is 18.2 Å². The van der Waals surface area contributed by atoms with Crippen LogP contribution in [0.4, 0.5) is 0 Å². The van der Waals surface area contributed by atoms with Crippen LogP contribution in [0, 0.1) is 0 Å². The van der Waals surface area contributed by atoms with Crippen LogP contribution in [0.15, 0.2) is 48.5 Å². The molecule has 3 heteroatoms. The van der Waals surface area contributed by atoms with Gasteiger partial charge in [0.1, 0.15) is 0 Å². The third-order valence-electron chi connectivity index (χ3n) is 2.53. The molecule has 0 fully saturated rings. The maximum absolute atomic E-state index is 11.6. The van der Waals surface area contributed by atoms with Crippen molar-refractivity contribution in [3.8, 4) is 16.9 Å². The van der Waals surface area contributed by atoms with Crippen molar-refractivity contribution in [1.29, 1.82) is 0 Å². The van der Waals surface area contributed by atoms with Crippen molar-refractivity contribution >= 4 is 5.97 Å². The van der Waals surface area contributed by atoms with Crippen LogP contribution in [0.1, 0.15) is 10.4 Å². The summed E-state index contributed by atoms with van der Waals surface area (Å²) in [5.41, 5.74) is 2.22. The Morgan fingerprint density at radius 1 is 0.688 bits per heavy atom. The number of rotatable bonds is 0. The van der Waals surface area contributed by atoms with Gasteiger partial charge >= 0.3 is 5.97 Å². The first-order chi connectivity index (χ1) is 7.86. The fourth-order valence-electron chi connectivity index (χ4n) is 1.79. The highest BCUT2D eigenvalue weighted by atomic mass is 17.2. The van der Waals surface area contributed by atoms with Gasteiger partial charge in [-0.15, -0.1) is 0 Å². The van der Waals surface area contributed by atoms with E-state index in [0.717, 1.165) is 11.1 Å². The van der Waals surface area contributed by atoms with Gasteiger partial charge in [0, 0.05) is 11.1 Å². The first kappa shape index (κ1) is 8.97. The number of hydrogen-bond acceptors (Lipinski definition) is 3. The van der Waals surface area contributed by atoms with Crippen LogP contribution in [0.25, 0.3) is 11.1 Å². The SMILES string of the molecule is O=C1OOc2ccccc2-c2ccccc21. The predicted molar refractivity (Wildman–Crippen MR) is 57.9 cm³/mol. The number of carbonyl (C=O) groups excluding carboxylic acids is 1. The molecule has 2 aromatic rings. The van der Waals surface area contributed by atoms with E-state index in [2.05, 4.69) is 0 Å². The van der Waals surface area contributed by atoms with Gasteiger partial charge < -0.3 is 0 Å². The Balaban J connectivity index is 2.32. The summed E-state index contributed by atoms with van der Waals surface area (Å²) < 4.78 is 0. The molecule has 0 radical (unpaired) electrons. The van der Waals surface area contributed by atoms with Crippen LogP contribution < -0.4 is 4.89 Å². The average molecular weight is 212 g/mol. The number of hydrogen-bond donors (Lipinski definition) is 0. The maximum atomic E-state index is 11.6. The first-order valence-corrected chi connectivity index (χ1v) is 4.93.